The van der Waals surface area contributed by atoms with Crippen LogP contribution in [-0.2, 0) is 9.59 Å². The summed E-state index contributed by atoms with van der Waals surface area (Å²) >= 11 is 0. The molecule has 0 atom stereocenters. The normalized spacial score (nSPS) is 16.3. The van der Waals surface area contributed by atoms with Gasteiger partial charge in [-0.2, -0.15) is 0 Å². The van der Waals surface area contributed by atoms with Gasteiger partial charge in [-0.15, -0.1) is 0 Å². The third-order valence-electron chi connectivity index (χ3n) is 3.13. The van der Waals surface area contributed by atoms with Gasteiger partial charge in [-0.1, -0.05) is 25.8 Å². The van der Waals surface area contributed by atoms with Crippen LogP contribution >= 0.6 is 0 Å². The Morgan fingerprint density at radius 3 is 2.53 bits per heavy atom. The summed E-state index contributed by atoms with van der Waals surface area (Å²) in [6, 6.07) is -0.0512. The van der Waals surface area contributed by atoms with Crippen molar-refractivity contribution >= 4 is 12.3 Å². The molecule has 17 heavy (non-hydrogen) atoms. The van der Waals surface area contributed by atoms with E-state index in [1.54, 1.807) is 0 Å². The summed E-state index contributed by atoms with van der Waals surface area (Å²) in [5, 5.41) is 10.6. The van der Waals surface area contributed by atoms with E-state index in [9.17, 15) is 14.8 Å². The van der Waals surface area contributed by atoms with Crippen molar-refractivity contribution in [2.24, 2.45) is 0 Å². The van der Waals surface area contributed by atoms with Gasteiger partial charge in [0.2, 0.25) is 12.3 Å². The Morgan fingerprint density at radius 2 is 2.00 bits per heavy atom. The highest BCUT2D eigenvalue weighted by atomic mass is 16.5. The summed E-state index contributed by atoms with van der Waals surface area (Å²) in [5.74, 6) is -0.328. The van der Waals surface area contributed by atoms with Gasteiger partial charge in [0.05, 0.1) is 6.04 Å². The summed E-state index contributed by atoms with van der Waals surface area (Å²) in [7, 11) is 0. The van der Waals surface area contributed by atoms with Crippen molar-refractivity contribution in [2.45, 2.75) is 44.6 Å². The summed E-state index contributed by atoms with van der Waals surface area (Å²) in [6.07, 6.45) is 7.11. The van der Waals surface area contributed by atoms with E-state index in [1.807, 2.05) is 0 Å². The van der Waals surface area contributed by atoms with E-state index in [0.717, 1.165) is 30.7 Å². The highest BCUT2D eigenvalue weighted by molar-refractivity contribution is 5.75. The molecule has 0 saturated heterocycles. The van der Waals surface area contributed by atoms with Crippen molar-refractivity contribution in [1.29, 1.82) is 0 Å². The van der Waals surface area contributed by atoms with E-state index >= 15 is 0 Å². The van der Waals surface area contributed by atoms with Crippen molar-refractivity contribution in [2.75, 3.05) is 6.54 Å². The lowest BCUT2D eigenvalue weighted by Crippen LogP contribution is -2.39. The Labute approximate surface area is 102 Å². The molecule has 0 aromatic heterocycles. The number of carbonyl (C=O) groups excluding carboxylic acids is 2. The Kier molecular flexibility index (Phi) is 5.69. The zero-order chi connectivity index (χ0) is 12.7. The predicted octanol–water partition coefficient (Wildman–Crippen LogP) is 1.53. The molecule has 96 valence electrons. The number of hydrogen-bond acceptors (Lipinski definition) is 3. The molecule has 2 amide bonds. The summed E-state index contributed by atoms with van der Waals surface area (Å²) in [6.45, 7) is 3.71. The van der Waals surface area contributed by atoms with Crippen LogP contribution in [0.15, 0.2) is 12.8 Å². The lowest BCUT2D eigenvalue weighted by atomic mass is 9.95. The molecule has 1 aliphatic carbocycles. The van der Waals surface area contributed by atoms with Crippen LogP contribution in [0.1, 0.15) is 38.5 Å². The molecule has 1 N–H and O–H groups in total. The van der Waals surface area contributed by atoms with Gasteiger partial charge in [-0.05, 0) is 19.0 Å². The first-order valence-corrected chi connectivity index (χ1v) is 6.03. The maximum absolute atomic E-state index is 11.7. The molecule has 0 aliphatic heterocycles. The van der Waals surface area contributed by atoms with Crippen LogP contribution in [0.5, 0.6) is 0 Å². The zero-order valence-electron chi connectivity index (χ0n) is 10.0. The molecular weight excluding hydrogens is 220 g/mol. The van der Waals surface area contributed by atoms with Gasteiger partial charge >= 0.3 is 0 Å². The van der Waals surface area contributed by atoms with Crippen molar-refractivity contribution in [1.82, 2.24) is 9.96 Å². The fourth-order valence-electron chi connectivity index (χ4n) is 2.06. The number of hydrogen-bond donors (Lipinski definition) is 1. The van der Waals surface area contributed by atoms with Gasteiger partial charge in [0.1, 0.15) is 0 Å². The van der Waals surface area contributed by atoms with Gasteiger partial charge in [0.15, 0.2) is 0 Å². The van der Waals surface area contributed by atoms with Crippen molar-refractivity contribution in [3.8, 4) is 0 Å². The average Bonchev–Trinajstić information content (AvgIpc) is 2.39. The molecule has 0 aromatic carbocycles. The Morgan fingerprint density at radius 1 is 1.35 bits per heavy atom. The maximum Gasteiger partial charge on any atom is 0.247 e. The second-order valence-electron chi connectivity index (χ2n) is 4.31. The van der Waals surface area contributed by atoms with Gasteiger partial charge < -0.3 is 4.90 Å². The van der Waals surface area contributed by atoms with E-state index in [-0.39, 0.29) is 24.9 Å². The molecular formula is C12H20N2O3. The van der Waals surface area contributed by atoms with E-state index in [0.29, 0.717) is 6.41 Å². The standard InChI is InChI=1S/C12H20N2O3/c1-2-13(10-15)9-8-12(16)14(17)11-6-4-3-5-7-11/h2,10-11,17H,1,3-9H2. The number of carbonyl (C=O) groups is 2. The Bertz CT molecular complexity index is 267. The second-order valence-corrected chi connectivity index (χ2v) is 4.31. The number of hydroxylamine groups is 2. The van der Waals surface area contributed by atoms with E-state index < -0.39 is 0 Å². The summed E-state index contributed by atoms with van der Waals surface area (Å²) in [4.78, 5) is 23.4. The molecule has 0 spiro atoms. The topological polar surface area (TPSA) is 60.9 Å². The molecule has 0 radical (unpaired) electrons. The van der Waals surface area contributed by atoms with Gasteiger partial charge in [-0.3, -0.25) is 14.8 Å². The molecule has 1 saturated carbocycles. The molecule has 0 heterocycles. The first kappa shape index (κ1) is 13.7. The third-order valence-corrected chi connectivity index (χ3v) is 3.13. The predicted molar refractivity (Wildman–Crippen MR) is 63.1 cm³/mol. The van der Waals surface area contributed by atoms with Gasteiger partial charge in [0.25, 0.3) is 0 Å². The molecule has 1 fully saturated rings. The quantitative estimate of drug-likeness (QED) is 0.435. The minimum Gasteiger partial charge on any atom is -0.322 e. The van der Waals surface area contributed by atoms with E-state index in [4.69, 9.17) is 0 Å². The molecule has 1 aliphatic rings. The lowest BCUT2D eigenvalue weighted by Gasteiger charge is -2.29. The fraction of sp³-hybridized carbons (Fsp3) is 0.667. The SMILES string of the molecule is C=CN(C=O)CCC(=O)N(O)C1CCCCC1. The Hall–Kier alpha value is -1.36. The number of amides is 2. The molecule has 5 heteroatoms. The number of nitrogens with zero attached hydrogens (tertiary/aromatic N) is 2. The van der Waals surface area contributed by atoms with E-state index in [2.05, 4.69) is 6.58 Å². The Balaban J connectivity index is 2.35. The van der Waals surface area contributed by atoms with Crippen molar-refractivity contribution in [3.63, 3.8) is 0 Å². The highest BCUT2D eigenvalue weighted by Crippen LogP contribution is 2.21. The lowest BCUT2D eigenvalue weighted by molar-refractivity contribution is -0.178. The molecule has 1 rings (SSSR count). The largest absolute Gasteiger partial charge is 0.322 e. The van der Waals surface area contributed by atoms with Crippen LogP contribution in [0.2, 0.25) is 0 Å². The second kappa shape index (κ2) is 7.06. The van der Waals surface area contributed by atoms with Crippen LogP contribution in [0.4, 0.5) is 0 Å². The zero-order valence-corrected chi connectivity index (χ0v) is 10.0. The smallest absolute Gasteiger partial charge is 0.247 e. The molecule has 5 nitrogen and oxygen atoms in total. The number of rotatable bonds is 6. The third kappa shape index (κ3) is 4.19. The van der Waals surface area contributed by atoms with Crippen LogP contribution in [0, 0.1) is 0 Å². The van der Waals surface area contributed by atoms with E-state index in [1.165, 1.54) is 17.5 Å². The monoisotopic (exact) mass is 240 g/mol. The van der Waals surface area contributed by atoms with Crippen LogP contribution in [0.3, 0.4) is 0 Å². The minimum absolute atomic E-state index is 0.0512. The van der Waals surface area contributed by atoms with Crippen LogP contribution in [0.25, 0.3) is 0 Å². The van der Waals surface area contributed by atoms with Crippen molar-refractivity contribution < 1.29 is 14.8 Å². The first-order chi connectivity index (χ1) is 8.19. The van der Waals surface area contributed by atoms with Crippen LogP contribution < -0.4 is 0 Å². The minimum atomic E-state index is -0.328. The first-order valence-electron chi connectivity index (χ1n) is 6.03. The average molecular weight is 240 g/mol. The highest BCUT2D eigenvalue weighted by Gasteiger charge is 2.23. The van der Waals surface area contributed by atoms with Gasteiger partial charge in [-0.25, -0.2) is 5.06 Å². The molecule has 0 aromatic rings. The van der Waals surface area contributed by atoms with Gasteiger partial charge in [0, 0.05) is 13.0 Å². The fourth-order valence-corrected chi connectivity index (χ4v) is 2.06. The summed E-state index contributed by atoms with van der Waals surface area (Å²) < 4.78 is 0. The molecule has 0 unspecified atom stereocenters. The van der Waals surface area contributed by atoms with Crippen LogP contribution in [-0.4, -0.2) is 40.1 Å². The summed E-state index contributed by atoms with van der Waals surface area (Å²) in [5.41, 5.74) is 0. The molecule has 0 bridgehead atoms. The van der Waals surface area contributed by atoms with Crippen molar-refractivity contribution in [3.05, 3.63) is 12.8 Å². The maximum atomic E-state index is 11.7.